The van der Waals surface area contributed by atoms with E-state index in [2.05, 4.69) is 0 Å². The van der Waals surface area contributed by atoms with Crippen LogP contribution in [-0.2, 0) is 9.59 Å². The molecule has 0 saturated heterocycles. The number of para-hydroxylation sites is 2. The van der Waals surface area contributed by atoms with Crippen molar-refractivity contribution in [3.8, 4) is 0 Å². The van der Waals surface area contributed by atoms with E-state index in [0.29, 0.717) is 22.3 Å². The number of aryl methyl sites for hydroxylation is 4. The molecule has 0 spiro atoms. The summed E-state index contributed by atoms with van der Waals surface area (Å²) >= 11 is 0. The fraction of sp³-hybridized carbons (Fsp3) is 0.300. The molecule has 150 valence electrons. The molecule has 0 heterocycles. The molecule has 2 amide bonds. The highest BCUT2D eigenvalue weighted by Gasteiger charge is 2.67. The molecule has 0 unspecified atom stereocenters. The molecule has 4 nitrogen and oxygen atoms in total. The number of benzene rings is 2. The second-order valence-electron chi connectivity index (χ2n) is 6.59. The Hall–Kier alpha value is -2.90. The van der Waals surface area contributed by atoms with Crippen LogP contribution in [0.3, 0.4) is 0 Å². The highest BCUT2D eigenvalue weighted by Crippen LogP contribution is 2.37. The third-order valence-corrected chi connectivity index (χ3v) is 4.40. The standard InChI is InChI=1S/C20H20F4N2O2/c1-11-7-5-8-12(2)15(11)25-17(27)19(21,22)20(23,24)18(28)26-16-13(3)9-6-10-14(16)4/h5-10H,1-4H3,(H,25,27)(H,26,28). The van der Waals surface area contributed by atoms with E-state index in [4.69, 9.17) is 0 Å². The zero-order valence-corrected chi connectivity index (χ0v) is 15.8. The van der Waals surface area contributed by atoms with Crippen molar-refractivity contribution in [2.24, 2.45) is 0 Å². The van der Waals surface area contributed by atoms with Crippen LogP contribution in [-0.4, -0.2) is 23.7 Å². The maximum absolute atomic E-state index is 14.3. The Morgan fingerprint density at radius 2 is 0.893 bits per heavy atom. The monoisotopic (exact) mass is 396 g/mol. The Balaban J connectivity index is 2.29. The van der Waals surface area contributed by atoms with Crippen molar-refractivity contribution >= 4 is 23.2 Å². The van der Waals surface area contributed by atoms with E-state index in [1.165, 1.54) is 52.0 Å². The van der Waals surface area contributed by atoms with Crippen LogP contribution in [0.25, 0.3) is 0 Å². The van der Waals surface area contributed by atoms with Crippen LogP contribution in [0.2, 0.25) is 0 Å². The van der Waals surface area contributed by atoms with Crippen molar-refractivity contribution in [2.75, 3.05) is 10.6 Å². The molecule has 0 aliphatic carbocycles. The van der Waals surface area contributed by atoms with Gasteiger partial charge in [-0.05, 0) is 49.9 Å². The van der Waals surface area contributed by atoms with Crippen molar-refractivity contribution in [3.05, 3.63) is 58.7 Å². The van der Waals surface area contributed by atoms with Gasteiger partial charge in [-0.3, -0.25) is 9.59 Å². The first-order valence-electron chi connectivity index (χ1n) is 8.40. The zero-order valence-electron chi connectivity index (χ0n) is 15.8. The zero-order chi connectivity index (χ0) is 21.3. The number of hydrogen-bond donors (Lipinski definition) is 2. The van der Waals surface area contributed by atoms with Gasteiger partial charge in [-0.2, -0.15) is 17.6 Å². The van der Waals surface area contributed by atoms with Gasteiger partial charge in [0.15, 0.2) is 0 Å². The van der Waals surface area contributed by atoms with Gasteiger partial charge in [-0.15, -0.1) is 0 Å². The summed E-state index contributed by atoms with van der Waals surface area (Å²) in [6.07, 6.45) is 0. The van der Waals surface area contributed by atoms with Gasteiger partial charge in [-0.1, -0.05) is 36.4 Å². The summed E-state index contributed by atoms with van der Waals surface area (Å²) in [5.41, 5.74) is 1.69. The number of rotatable bonds is 5. The van der Waals surface area contributed by atoms with Crippen molar-refractivity contribution in [2.45, 2.75) is 39.5 Å². The van der Waals surface area contributed by atoms with Crippen LogP contribution in [0, 0.1) is 27.7 Å². The van der Waals surface area contributed by atoms with Gasteiger partial charge in [-0.25, -0.2) is 0 Å². The van der Waals surface area contributed by atoms with E-state index in [1.807, 2.05) is 10.6 Å². The number of nitrogens with one attached hydrogen (secondary N) is 2. The molecule has 2 aromatic carbocycles. The van der Waals surface area contributed by atoms with E-state index in [-0.39, 0.29) is 11.4 Å². The lowest BCUT2D eigenvalue weighted by Gasteiger charge is -2.26. The third kappa shape index (κ3) is 3.85. The lowest BCUT2D eigenvalue weighted by Crippen LogP contribution is -2.56. The molecule has 0 bridgehead atoms. The molecule has 0 saturated carbocycles. The van der Waals surface area contributed by atoms with E-state index in [9.17, 15) is 27.2 Å². The van der Waals surface area contributed by atoms with Crippen molar-refractivity contribution in [1.82, 2.24) is 0 Å². The number of alkyl halides is 4. The van der Waals surface area contributed by atoms with Crippen LogP contribution in [0.15, 0.2) is 36.4 Å². The molecular weight excluding hydrogens is 376 g/mol. The fourth-order valence-electron chi connectivity index (χ4n) is 2.69. The molecule has 0 aliphatic rings. The molecule has 0 aromatic heterocycles. The van der Waals surface area contributed by atoms with Gasteiger partial charge in [0.25, 0.3) is 0 Å². The molecule has 28 heavy (non-hydrogen) atoms. The van der Waals surface area contributed by atoms with Gasteiger partial charge in [0.2, 0.25) is 0 Å². The van der Waals surface area contributed by atoms with Crippen LogP contribution in [0.5, 0.6) is 0 Å². The number of amides is 2. The van der Waals surface area contributed by atoms with Crippen molar-refractivity contribution < 1.29 is 27.2 Å². The van der Waals surface area contributed by atoms with Gasteiger partial charge in [0.1, 0.15) is 0 Å². The average Bonchev–Trinajstić information content (AvgIpc) is 2.60. The minimum Gasteiger partial charge on any atom is -0.320 e. The predicted octanol–water partition coefficient (Wildman–Crippen LogP) is 4.77. The molecule has 2 N–H and O–H groups in total. The predicted molar refractivity (Wildman–Crippen MR) is 99.0 cm³/mol. The molecule has 2 aromatic rings. The maximum atomic E-state index is 14.3. The summed E-state index contributed by atoms with van der Waals surface area (Å²) in [5.74, 6) is -15.0. The number of hydrogen-bond acceptors (Lipinski definition) is 2. The molecule has 8 heteroatoms. The van der Waals surface area contributed by atoms with Gasteiger partial charge >= 0.3 is 23.7 Å². The first-order chi connectivity index (χ1) is 12.9. The average molecular weight is 396 g/mol. The SMILES string of the molecule is Cc1cccc(C)c1NC(=O)C(F)(F)C(F)(F)C(=O)Nc1c(C)cccc1C. The van der Waals surface area contributed by atoms with Crippen LogP contribution in [0.1, 0.15) is 22.3 Å². The third-order valence-electron chi connectivity index (χ3n) is 4.40. The quantitative estimate of drug-likeness (QED) is 0.716. The van der Waals surface area contributed by atoms with Gasteiger partial charge in [0, 0.05) is 11.4 Å². The minimum atomic E-state index is -5.26. The van der Waals surface area contributed by atoms with E-state index in [0.717, 1.165) is 0 Å². The summed E-state index contributed by atoms with van der Waals surface area (Å²) in [5, 5.41) is 3.63. The van der Waals surface area contributed by atoms with E-state index in [1.54, 1.807) is 12.1 Å². The molecule has 0 fully saturated rings. The Kier molecular flexibility index (Phi) is 5.82. The summed E-state index contributed by atoms with van der Waals surface area (Å²) in [7, 11) is 0. The molecule has 0 atom stereocenters. The van der Waals surface area contributed by atoms with Crippen LogP contribution in [0.4, 0.5) is 28.9 Å². The highest BCUT2D eigenvalue weighted by atomic mass is 19.3. The molecule has 0 aliphatic heterocycles. The number of halogens is 4. The molecule has 2 rings (SSSR count). The first kappa shape index (κ1) is 21.4. The minimum absolute atomic E-state index is 0.00173. The van der Waals surface area contributed by atoms with Crippen molar-refractivity contribution in [3.63, 3.8) is 0 Å². The molecule has 0 radical (unpaired) electrons. The summed E-state index contributed by atoms with van der Waals surface area (Å²) < 4.78 is 57.1. The Morgan fingerprint density at radius 1 is 0.643 bits per heavy atom. The maximum Gasteiger partial charge on any atom is 0.396 e. The van der Waals surface area contributed by atoms with Crippen molar-refractivity contribution in [1.29, 1.82) is 0 Å². The Morgan fingerprint density at radius 3 is 1.14 bits per heavy atom. The lowest BCUT2D eigenvalue weighted by atomic mass is 10.1. The normalized spacial score (nSPS) is 11.9. The van der Waals surface area contributed by atoms with Gasteiger partial charge < -0.3 is 10.6 Å². The largest absolute Gasteiger partial charge is 0.396 e. The summed E-state index contributed by atoms with van der Waals surface area (Å²) in [4.78, 5) is 23.9. The number of carbonyl (C=O) groups is 2. The molecular formula is C20H20F4N2O2. The Bertz CT molecular complexity index is 810. The summed E-state index contributed by atoms with van der Waals surface area (Å²) in [6.45, 7) is 6.14. The first-order valence-corrected chi connectivity index (χ1v) is 8.40. The number of anilines is 2. The second kappa shape index (κ2) is 7.61. The Labute approximate surface area is 159 Å². The fourth-order valence-corrected chi connectivity index (χ4v) is 2.69. The number of carbonyl (C=O) groups excluding carboxylic acids is 2. The lowest BCUT2D eigenvalue weighted by molar-refractivity contribution is -0.204. The van der Waals surface area contributed by atoms with Crippen LogP contribution < -0.4 is 10.6 Å². The van der Waals surface area contributed by atoms with Gasteiger partial charge in [0.05, 0.1) is 0 Å². The van der Waals surface area contributed by atoms with Crippen LogP contribution >= 0.6 is 0 Å². The van der Waals surface area contributed by atoms with E-state index < -0.39 is 23.7 Å². The smallest absolute Gasteiger partial charge is 0.320 e. The van der Waals surface area contributed by atoms with E-state index >= 15 is 0 Å². The summed E-state index contributed by atoms with van der Waals surface area (Å²) in [6, 6.07) is 9.40. The highest BCUT2D eigenvalue weighted by molar-refractivity contribution is 6.06. The topological polar surface area (TPSA) is 58.2 Å². The second-order valence-corrected chi connectivity index (χ2v) is 6.59.